The van der Waals surface area contributed by atoms with E-state index >= 15 is 0 Å². The minimum atomic E-state index is -0.622. The highest BCUT2D eigenvalue weighted by Crippen LogP contribution is 2.46. The zero-order chi connectivity index (χ0) is 38.9. The van der Waals surface area contributed by atoms with Crippen LogP contribution in [-0.4, -0.2) is 102 Å². The summed E-state index contributed by atoms with van der Waals surface area (Å²) >= 11 is 6.39. The summed E-state index contributed by atoms with van der Waals surface area (Å²) in [6.45, 7) is 16.0. The Morgan fingerprint density at radius 3 is 2.32 bits per heavy atom. The monoisotopic (exact) mass is 775 g/mol. The minimum absolute atomic E-state index is 0.00611. The number of benzene rings is 3. The van der Waals surface area contributed by atoms with Crippen LogP contribution in [0.5, 0.6) is 0 Å². The van der Waals surface area contributed by atoms with E-state index < -0.39 is 17.6 Å². The Bertz CT molecular complexity index is 2170. The molecule has 4 saturated heterocycles. The average molecular weight is 776 g/mol. The second kappa shape index (κ2) is 13.9. The number of piperidine rings is 2. The zero-order valence-electron chi connectivity index (χ0n) is 31.9. The molecule has 0 radical (unpaired) electrons. The SMILES string of the molecule is [C-]#[N+]c1ccc(N2CC3(CCN(c4ccc(C(=O)N5CC(CN6Cc7cc8c(cc7C6)C(=O)N(C6CCC(=O)NC6=O)C8)(OC)C5)cc4)CC3)C[C@@H]2C)cc1Cl. The van der Waals surface area contributed by atoms with Gasteiger partial charge in [0.1, 0.15) is 11.6 Å². The largest absolute Gasteiger partial charge is 0.373 e. The van der Waals surface area contributed by atoms with Gasteiger partial charge in [-0.05, 0) is 97.2 Å². The summed E-state index contributed by atoms with van der Waals surface area (Å²) in [5.41, 5.74) is 6.99. The number of carbonyl (C=O) groups excluding carboxylic acids is 4. The molecule has 0 aromatic heterocycles. The minimum Gasteiger partial charge on any atom is -0.373 e. The summed E-state index contributed by atoms with van der Waals surface area (Å²) in [4.78, 5) is 65.2. The van der Waals surface area contributed by atoms with Crippen LogP contribution in [0.3, 0.4) is 0 Å². The molecule has 0 saturated carbocycles. The first-order valence-corrected chi connectivity index (χ1v) is 20.0. The van der Waals surface area contributed by atoms with Gasteiger partial charge in [-0.2, -0.15) is 0 Å². The third-order valence-corrected chi connectivity index (χ3v) is 13.6. The third kappa shape index (κ3) is 6.39. The quantitative estimate of drug-likeness (QED) is 0.252. The van der Waals surface area contributed by atoms with Gasteiger partial charge in [0.25, 0.3) is 11.8 Å². The molecule has 9 rings (SSSR count). The molecule has 12 nitrogen and oxygen atoms in total. The molecular formula is C43H46ClN7O5. The van der Waals surface area contributed by atoms with Gasteiger partial charge < -0.3 is 24.3 Å². The smallest absolute Gasteiger partial charge is 0.255 e. The van der Waals surface area contributed by atoms with Gasteiger partial charge in [0, 0.05) is 92.9 Å². The van der Waals surface area contributed by atoms with Crippen molar-refractivity contribution in [3.63, 3.8) is 0 Å². The molecule has 3 aromatic rings. The molecule has 1 N–H and O–H groups in total. The lowest BCUT2D eigenvalue weighted by Crippen LogP contribution is -2.68. The van der Waals surface area contributed by atoms with Gasteiger partial charge in [-0.3, -0.25) is 29.4 Å². The van der Waals surface area contributed by atoms with Crippen molar-refractivity contribution in [3.8, 4) is 0 Å². The van der Waals surface area contributed by atoms with Crippen molar-refractivity contribution in [2.24, 2.45) is 5.41 Å². The topological polar surface area (TPSA) is 110 Å². The van der Waals surface area contributed by atoms with Crippen LogP contribution in [0.2, 0.25) is 5.02 Å². The van der Waals surface area contributed by atoms with E-state index in [2.05, 4.69) is 50.0 Å². The number of methoxy groups -OCH3 is 1. The maximum Gasteiger partial charge on any atom is 0.255 e. The highest BCUT2D eigenvalue weighted by atomic mass is 35.5. The van der Waals surface area contributed by atoms with Crippen molar-refractivity contribution in [2.45, 2.75) is 76.3 Å². The fourth-order valence-electron chi connectivity index (χ4n) is 10.2. The predicted molar refractivity (Wildman–Crippen MR) is 212 cm³/mol. The molecule has 1 unspecified atom stereocenters. The van der Waals surface area contributed by atoms with Crippen LogP contribution in [0, 0.1) is 12.0 Å². The van der Waals surface area contributed by atoms with E-state index in [0.717, 1.165) is 67.9 Å². The molecule has 1 spiro atoms. The number of amides is 4. The summed E-state index contributed by atoms with van der Waals surface area (Å²) < 4.78 is 6.05. The van der Waals surface area contributed by atoms with Crippen LogP contribution in [0.4, 0.5) is 17.1 Å². The number of hydrogen-bond donors (Lipinski definition) is 1. The first kappa shape index (κ1) is 36.7. The van der Waals surface area contributed by atoms with E-state index in [1.807, 2.05) is 41.3 Å². The number of nitrogens with zero attached hydrogens (tertiary/aromatic N) is 6. The number of imide groups is 1. The predicted octanol–water partition coefficient (Wildman–Crippen LogP) is 5.39. The number of anilines is 2. The zero-order valence-corrected chi connectivity index (χ0v) is 32.6. The van der Waals surface area contributed by atoms with E-state index in [9.17, 15) is 19.2 Å². The molecule has 2 atom stereocenters. The van der Waals surface area contributed by atoms with E-state index in [-0.39, 0.29) is 29.6 Å². The maximum atomic E-state index is 13.6. The van der Waals surface area contributed by atoms with Gasteiger partial charge in [-0.25, -0.2) is 4.85 Å². The molecule has 4 fully saturated rings. The number of fused-ring (bicyclic) bond motifs is 2. The van der Waals surface area contributed by atoms with E-state index in [1.165, 1.54) is 5.56 Å². The molecule has 6 heterocycles. The fourth-order valence-corrected chi connectivity index (χ4v) is 10.4. The van der Waals surface area contributed by atoms with Gasteiger partial charge in [0.05, 0.1) is 19.7 Å². The lowest BCUT2D eigenvalue weighted by Gasteiger charge is -2.50. The van der Waals surface area contributed by atoms with Crippen molar-refractivity contribution >= 4 is 52.3 Å². The number of nitrogens with one attached hydrogen (secondary N) is 1. The normalized spacial score (nSPS) is 23.9. The van der Waals surface area contributed by atoms with Gasteiger partial charge in [0.2, 0.25) is 17.5 Å². The Morgan fingerprint density at radius 2 is 1.64 bits per heavy atom. The van der Waals surface area contributed by atoms with Crippen molar-refractivity contribution in [1.82, 2.24) is 20.0 Å². The van der Waals surface area contributed by atoms with Gasteiger partial charge in [-0.1, -0.05) is 23.7 Å². The van der Waals surface area contributed by atoms with Crippen LogP contribution < -0.4 is 15.1 Å². The highest BCUT2D eigenvalue weighted by Gasteiger charge is 2.48. The Morgan fingerprint density at radius 1 is 0.929 bits per heavy atom. The molecule has 13 heteroatoms. The standard InChI is InChI=1S/C43H46ClN7O5/c1-27-19-42(23-51(27)33-8-9-36(45-2)35(44)18-33)12-14-48(15-13-42)32-6-4-28(5-7-32)40(54)49-25-43(26-49,56-3)24-47-20-29-16-31-22-50(37-10-11-38(52)46-39(37)53)41(55)34(31)17-30(29)21-47/h4-9,16-18,27,37H,10-15,19-26H2,1,3H3,(H,46,52,53)/t27-,37?/m0/s1. The summed E-state index contributed by atoms with van der Waals surface area (Å²) in [5, 5.41) is 2.88. The van der Waals surface area contributed by atoms with E-state index in [1.54, 1.807) is 12.0 Å². The lowest BCUT2D eigenvalue weighted by atomic mass is 9.76. The second-order valence-corrected chi connectivity index (χ2v) is 17.2. The third-order valence-electron chi connectivity index (χ3n) is 13.3. The van der Waals surface area contributed by atoms with Crippen LogP contribution in [0.15, 0.2) is 54.6 Å². The molecule has 6 aliphatic heterocycles. The molecule has 3 aromatic carbocycles. The molecule has 4 amide bonds. The average Bonchev–Trinajstić information content (AvgIpc) is 3.83. The second-order valence-electron chi connectivity index (χ2n) is 16.8. The number of likely N-dealkylation sites (tertiary alicyclic amines) is 1. The summed E-state index contributed by atoms with van der Waals surface area (Å²) in [5.74, 6) is -0.843. The van der Waals surface area contributed by atoms with E-state index in [0.29, 0.717) is 67.0 Å². The number of ether oxygens (including phenoxy) is 1. The maximum absolute atomic E-state index is 13.6. The molecule has 0 aliphatic carbocycles. The van der Waals surface area contributed by atoms with Gasteiger partial charge >= 0.3 is 0 Å². The Kier molecular flexibility index (Phi) is 9.10. The van der Waals surface area contributed by atoms with Gasteiger partial charge in [-0.15, -0.1) is 0 Å². The molecule has 0 bridgehead atoms. The van der Waals surface area contributed by atoms with Gasteiger partial charge in [0.15, 0.2) is 0 Å². The number of rotatable bonds is 7. The molecule has 290 valence electrons. The summed E-state index contributed by atoms with van der Waals surface area (Å²) in [6, 6.07) is 17.7. The number of hydrogen-bond acceptors (Lipinski definition) is 8. The number of halogens is 1. The fraction of sp³-hybridized carbons (Fsp3) is 0.465. The summed E-state index contributed by atoms with van der Waals surface area (Å²) in [7, 11) is 1.71. The highest BCUT2D eigenvalue weighted by molar-refractivity contribution is 6.33. The van der Waals surface area contributed by atoms with Crippen molar-refractivity contribution in [3.05, 3.63) is 98.9 Å². The molecule has 56 heavy (non-hydrogen) atoms. The first-order chi connectivity index (χ1) is 27.0. The van der Waals surface area contributed by atoms with Crippen LogP contribution in [0.25, 0.3) is 4.85 Å². The van der Waals surface area contributed by atoms with E-state index in [4.69, 9.17) is 22.9 Å². The Hall–Kier alpha value is -4.96. The lowest BCUT2D eigenvalue weighted by molar-refractivity contribution is -0.136. The van der Waals surface area contributed by atoms with Crippen LogP contribution in [-0.2, 0) is 34.0 Å². The van der Waals surface area contributed by atoms with Crippen LogP contribution in [0.1, 0.15) is 76.4 Å². The summed E-state index contributed by atoms with van der Waals surface area (Å²) in [6.07, 6.45) is 3.92. The first-order valence-electron chi connectivity index (χ1n) is 19.6. The molecular weight excluding hydrogens is 730 g/mol. The molecule has 6 aliphatic rings. The Balaban J connectivity index is 0.768. The van der Waals surface area contributed by atoms with Crippen molar-refractivity contribution in [2.75, 3.05) is 56.2 Å². The van der Waals surface area contributed by atoms with Crippen LogP contribution >= 0.6 is 11.6 Å². The van der Waals surface area contributed by atoms with Crippen molar-refractivity contribution in [1.29, 1.82) is 0 Å². The Labute approximate surface area is 332 Å². The van der Waals surface area contributed by atoms with Crippen molar-refractivity contribution < 1.29 is 23.9 Å². The number of carbonyl (C=O) groups is 4.